The normalized spacial score (nSPS) is 13.7. The maximum atomic E-state index is 14.9. The summed E-state index contributed by atoms with van der Waals surface area (Å²) < 4.78 is 65.9. The summed E-state index contributed by atoms with van der Waals surface area (Å²) >= 11 is 0. The van der Waals surface area contributed by atoms with Crippen molar-refractivity contribution in [3.05, 3.63) is 53.5 Å². The number of ether oxygens (including phenoxy) is 1. The molecule has 1 heterocycles. The number of fused-ring (bicyclic) bond motifs is 1. The lowest BCUT2D eigenvalue weighted by Crippen LogP contribution is -2.16. The van der Waals surface area contributed by atoms with Gasteiger partial charge in [-0.2, -0.15) is 4.39 Å². The smallest absolute Gasteiger partial charge is 0.332 e. The van der Waals surface area contributed by atoms with Crippen LogP contribution in [0.1, 0.15) is 12.5 Å². The molecule has 0 aliphatic heterocycles. The van der Waals surface area contributed by atoms with Gasteiger partial charge in [-0.1, -0.05) is 5.16 Å². The van der Waals surface area contributed by atoms with Crippen molar-refractivity contribution < 1.29 is 31.7 Å². The van der Waals surface area contributed by atoms with Crippen molar-refractivity contribution >= 4 is 32.4 Å². The fourth-order valence-corrected chi connectivity index (χ4v) is 4.01. The quantitative estimate of drug-likeness (QED) is 0.264. The molecular formula is C19H17F3N4O4S. The van der Waals surface area contributed by atoms with Crippen LogP contribution in [0.15, 0.2) is 44.9 Å². The number of amidine groups is 1. The number of aromatic amines is 1. The van der Waals surface area contributed by atoms with Crippen LogP contribution >= 0.6 is 0 Å². The van der Waals surface area contributed by atoms with Gasteiger partial charge in [-0.25, -0.2) is 22.1 Å². The molecule has 1 unspecified atom stereocenters. The first-order valence-corrected chi connectivity index (χ1v) is 10.6. The van der Waals surface area contributed by atoms with Gasteiger partial charge in [0.05, 0.1) is 20.8 Å². The maximum absolute atomic E-state index is 14.9. The number of oxime groups is 1. The van der Waals surface area contributed by atoms with Gasteiger partial charge < -0.3 is 20.3 Å². The number of benzene rings is 2. The first-order chi connectivity index (χ1) is 14.6. The van der Waals surface area contributed by atoms with Crippen molar-refractivity contribution in [2.24, 2.45) is 15.3 Å². The number of nitrogens with one attached hydrogen (secondary N) is 1. The molecule has 0 bridgehead atoms. The maximum Gasteiger partial charge on any atom is 0.332 e. The van der Waals surface area contributed by atoms with E-state index >= 15 is 0 Å². The minimum absolute atomic E-state index is 0.116. The molecule has 3 aromatic rings. The van der Waals surface area contributed by atoms with Crippen molar-refractivity contribution in [2.45, 2.75) is 11.8 Å². The predicted molar refractivity (Wildman–Crippen MR) is 108 cm³/mol. The van der Waals surface area contributed by atoms with Gasteiger partial charge in [0.15, 0.2) is 17.4 Å². The van der Waals surface area contributed by atoms with Crippen LogP contribution in [0.5, 0.6) is 11.5 Å². The van der Waals surface area contributed by atoms with Crippen LogP contribution in [0.25, 0.3) is 10.9 Å². The van der Waals surface area contributed by atoms with Gasteiger partial charge in [0.2, 0.25) is 5.82 Å². The zero-order valence-electron chi connectivity index (χ0n) is 16.5. The van der Waals surface area contributed by atoms with Crippen molar-refractivity contribution in [2.75, 3.05) is 13.3 Å². The van der Waals surface area contributed by atoms with E-state index in [-0.39, 0.29) is 27.1 Å². The van der Waals surface area contributed by atoms with E-state index < -0.39 is 44.7 Å². The standard InChI is InChI=1S/C19H17F3N4O4S/c1-9(27)30-26-19(23)12-8-10(4-5-13(12)20)29-17-15(22)14(21)16-11(6-7-25-16)18(17)31(3,28)24-2/h4-8,25H,1-3H3,(H2,23,26). The van der Waals surface area contributed by atoms with E-state index in [2.05, 4.69) is 19.3 Å². The lowest BCUT2D eigenvalue weighted by molar-refractivity contribution is -0.140. The first-order valence-electron chi connectivity index (χ1n) is 8.64. The Balaban J connectivity index is 2.19. The van der Waals surface area contributed by atoms with E-state index in [1.165, 1.54) is 25.6 Å². The Labute approximate surface area is 175 Å². The van der Waals surface area contributed by atoms with Crippen LogP contribution < -0.4 is 10.5 Å². The fourth-order valence-electron chi connectivity index (χ4n) is 2.77. The molecule has 164 valence electrons. The van der Waals surface area contributed by atoms with Crippen LogP contribution in [0, 0.1) is 17.5 Å². The van der Waals surface area contributed by atoms with E-state index in [0.717, 1.165) is 25.1 Å². The number of hydrogen-bond donors (Lipinski definition) is 2. The van der Waals surface area contributed by atoms with Crippen LogP contribution in [0.4, 0.5) is 13.2 Å². The van der Waals surface area contributed by atoms with E-state index in [4.69, 9.17) is 10.5 Å². The molecule has 0 aliphatic rings. The molecule has 8 nitrogen and oxygen atoms in total. The van der Waals surface area contributed by atoms with Gasteiger partial charge in [-0.3, -0.25) is 0 Å². The number of rotatable bonds is 5. The second kappa shape index (κ2) is 8.30. The number of aromatic nitrogens is 1. The predicted octanol–water partition coefficient (Wildman–Crippen LogP) is 3.65. The number of hydrogen-bond acceptors (Lipinski definition) is 6. The Morgan fingerprint density at radius 1 is 1.19 bits per heavy atom. The van der Waals surface area contributed by atoms with Gasteiger partial charge in [0.1, 0.15) is 16.5 Å². The molecular weight excluding hydrogens is 437 g/mol. The lowest BCUT2D eigenvalue weighted by Gasteiger charge is -2.16. The number of carbonyl (C=O) groups is 1. The highest BCUT2D eigenvalue weighted by Gasteiger charge is 2.27. The van der Waals surface area contributed by atoms with Gasteiger partial charge >= 0.3 is 5.97 Å². The zero-order chi connectivity index (χ0) is 22.9. The van der Waals surface area contributed by atoms with Gasteiger partial charge in [-0.05, 0) is 24.3 Å². The average molecular weight is 454 g/mol. The number of carbonyl (C=O) groups excluding carboxylic acids is 1. The second-order valence-electron chi connectivity index (χ2n) is 6.34. The summed E-state index contributed by atoms with van der Waals surface area (Å²) in [5.74, 6) is -5.60. The van der Waals surface area contributed by atoms with E-state index in [9.17, 15) is 22.2 Å². The Morgan fingerprint density at radius 2 is 1.90 bits per heavy atom. The highest BCUT2D eigenvalue weighted by Crippen LogP contribution is 2.40. The molecule has 0 fully saturated rings. The van der Waals surface area contributed by atoms with Gasteiger partial charge in [-0.15, -0.1) is 0 Å². The number of halogens is 3. The third kappa shape index (κ3) is 4.19. The van der Waals surface area contributed by atoms with Gasteiger partial charge in [0, 0.05) is 31.8 Å². The molecule has 1 atom stereocenters. The van der Waals surface area contributed by atoms with Crippen LogP contribution in [0.3, 0.4) is 0 Å². The summed E-state index contributed by atoms with van der Waals surface area (Å²) in [6.07, 6.45) is 2.60. The SMILES string of the molecule is CN=S(C)(=O)c1c(Oc2ccc(F)c(/C(N)=N/OC(C)=O)c2)c(F)c(F)c2[nH]ccc12. The minimum Gasteiger partial charge on any atom is -0.453 e. The third-order valence-electron chi connectivity index (χ3n) is 4.24. The van der Waals surface area contributed by atoms with Crippen molar-refractivity contribution in [1.82, 2.24) is 4.98 Å². The van der Waals surface area contributed by atoms with Crippen LogP contribution in [-0.2, 0) is 19.4 Å². The summed E-state index contributed by atoms with van der Waals surface area (Å²) in [6, 6.07) is 4.52. The molecule has 12 heteroatoms. The van der Waals surface area contributed by atoms with Gasteiger partial charge in [0.25, 0.3) is 0 Å². The first kappa shape index (κ1) is 22.2. The molecule has 0 radical (unpaired) electrons. The molecule has 1 aromatic heterocycles. The van der Waals surface area contributed by atoms with Crippen molar-refractivity contribution in [3.63, 3.8) is 0 Å². The van der Waals surface area contributed by atoms with Crippen LogP contribution in [0.2, 0.25) is 0 Å². The largest absolute Gasteiger partial charge is 0.453 e. The zero-order valence-corrected chi connectivity index (χ0v) is 17.4. The van der Waals surface area contributed by atoms with E-state index in [0.29, 0.717) is 0 Å². The van der Waals surface area contributed by atoms with E-state index in [1.807, 2.05) is 0 Å². The number of nitrogens with two attached hydrogens (primary N) is 1. The summed E-state index contributed by atoms with van der Waals surface area (Å²) in [5, 5.41) is 3.40. The molecule has 0 spiro atoms. The van der Waals surface area contributed by atoms with E-state index in [1.54, 1.807) is 0 Å². The summed E-state index contributed by atoms with van der Waals surface area (Å²) in [5.41, 5.74) is 5.10. The number of nitrogens with zero attached hydrogens (tertiary/aromatic N) is 2. The topological polar surface area (TPSA) is 119 Å². The highest BCUT2D eigenvalue weighted by atomic mass is 32.2. The summed E-state index contributed by atoms with van der Waals surface area (Å²) in [6.45, 7) is 1.07. The fraction of sp³-hybridized carbons (Fsp3) is 0.158. The Morgan fingerprint density at radius 3 is 2.55 bits per heavy atom. The minimum atomic E-state index is -3.19. The Kier molecular flexibility index (Phi) is 5.93. The molecule has 3 rings (SSSR count). The summed E-state index contributed by atoms with van der Waals surface area (Å²) in [7, 11) is -1.92. The Hall–Kier alpha value is -3.54. The van der Waals surface area contributed by atoms with Crippen LogP contribution in [-0.4, -0.2) is 34.3 Å². The number of H-pyrrole nitrogens is 1. The highest BCUT2D eigenvalue weighted by molar-refractivity contribution is 7.93. The summed E-state index contributed by atoms with van der Waals surface area (Å²) in [4.78, 5) is 17.6. The average Bonchev–Trinajstić information content (AvgIpc) is 3.20. The molecule has 2 aromatic carbocycles. The molecule has 31 heavy (non-hydrogen) atoms. The second-order valence-corrected chi connectivity index (χ2v) is 8.72. The Bertz CT molecular complexity index is 1340. The molecule has 0 saturated carbocycles. The van der Waals surface area contributed by atoms with Crippen molar-refractivity contribution in [1.29, 1.82) is 0 Å². The molecule has 0 saturated heterocycles. The monoisotopic (exact) mass is 454 g/mol. The lowest BCUT2D eigenvalue weighted by atomic mass is 10.2. The third-order valence-corrected chi connectivity index (χ3v) is 6.10. The molecule has 3 N–H and O–H groups in total. The molecule has 0 aliphatic carbocycles. The van der Waals surface area contributed by atoms with Crippen molar-refractivity contribution in [3.8, 4) is 11.5 Å². The molecule has 0 amide bonds.